The van der Waals surface area contributed by atoms with Gasteiger partial charge in [-0.05, 0) is 68.7 Å². The molecule has 2 heterocycles. The molecule has 0 radical (unpaired) electrons. The van der Waals surface area contributed by atoms with Gasteiger partial charge >= 0.3 is 0 Å². The lowest BCUT2D eigenvalue weighted by atomic mass is 9.78. The predicted molar refractivity (Wildman–Crippen MR) is 101 cm³/mol. The quantitative estimate of drug-likeness (QED) is 0.717. The monoisotopic (exact) mass is 347 g/mol. The van der Waals surface area contributed by atoms with E-state index in [-0.39, 0.29) is 11.9 Å². The Balaban J connectivity index is 1.38. The SMILES string of the molecule is CC1CCCC2CC(C(=O)NC(CC3CC3)C3NCCCC3C)NC12. The van der Waals surface area contributed by atoms with E-state index in [2.05, 4.69) is 29.8 Å². The van der Waals surface area contributed by atoms with Crippen LogP contribution in [0.3, 0.4) is 0 Å². The molecule has 142 valence electrons. The molecule has 4 aliphatic rings. The van der Waals surface area contributed by atoms with E-state index in [4.69, 9.17) is 0 Å². The van der Waals surface area contributed by atoms with Gasteiger partial charge in [0.05, 0.1) is 6.04 Å². The third-order valence-electron chi connectivity index (χ3n) is 7.48. The largest absolute Gasteiger partial charge is 0.350 e. The summed E-state index contributed by atoms with van der Waals surface area (Å²) in [5.74, 6) is 3.22. The van der Waals surface area contributed by atoms with Crippen LogP contribution in [0, 0.1) is 23.7 Å². The summed E-state index contributed by atoms with van der Waals surface area (Å²) in [7, 11) is 0. The molecule has 2 aliphatic heterocycles. The van der Waals surface area contributed by atoms with Crippen molar-refractivity contribution in [2.45, 2.75) is 95.8 Å². The highest BCUT2D eigenvalue weighted by Gasteiger charge is 2.42. The first-order valence-electron chi connectivity index (χ1n) is 10.9. The van der Waals surface area contributed by atoms with Crippen LogP contribution in [0.25, 0.3) is 0 Å². The first-order valence-corrected chi connectivity index (χ1v) is 10.9. The fourth-order valence-electron chi connectivity index (χ4n) is 5.78. The Bertz CT molecular complexity index is 478. The zero-order valence-corrected chi connectivity index (χ0v) is 16.1. The van der Waals surface area contributed by atoms with Crippen molar-refractivity contribution < 1.29 is 4.79 Å². The number of carbonyl (C=O) groups is 1. The molecule has 2 saturated carbocycles. The van der Waals surface area contributed by atoms with Crippen LogP contribution in [0.4, 0.5) is 0 Å². The smallest absolute Gasteiger partial charge is 0.237 e. The molecule has 4 rings (SSSR count). The summed E-state index contributed by atoms with van der Waals surface area (Å²) in [6.07, 6.45) is 11.5. The topological polar surface area (TPSA) is 53.2 Å². The molecule has 0 aromatic heterocycles. The molecule has 4 heteroatoms. The first-order chi connectivity index (χ1) is 12.1. The molecule has 0 aromatic carbocycles. The summed E-state index contributed by atoms with van der Waals surface area (Å²) in [6.45, 7) is 5.82. The van der Waals surface area contributed by atoms with Crippen LogP contribution in [0.15, 0.2) is 0 Å². The van der Waals surface area contributed by atoms with Crippen LogP contribution in [0.5, 0.6) is 0 Å². The van der Waals surface area contributed by atoms with E-state index in [0.717, 1.165) is 24.8 Å². The molecule has 2 saturated heterocycles. The normalized spacial score (nSPS) is 42.6. The minimum Gasteiger partial charge on any atom is -0.350 e. The van der Waals surface area contributed by atoms with Crippen molar-refractivity contribution in [2.24, 2.45) is 23.7 Å². The van der Waals surface area contributed by atoms with Crippen LogP contribution in [-0.4, -0.2) is 36.6 Å². The van der Waals surface area contributed by atoms with Crippen molar-refractivity contribution >= 4 is 5.91 Å². The second-order valence-electron chi connectivity index (χ2n) is 9.54. The van der Waals surface area contributed by atoms with E-state index in [9.17, 15) is 4.79 Å². The van der Waals surface area contributed by atoms with Crippen molar-refractivity contribution in [1.29, 1.82) is 0 Å². The molecular weight excluding hydrogens is 310 g/mol. The van der Waals surface area contributed by atoms with Gasteiger partial charge in [-0.1, -0.05) is 33.1 Å². The lowest BCUT2D eigenvalue weighted by molar-refractivity contribution is -0.124. The fourth-order valence-corrected chi connectivity index (χ4v) is 5.78. The fraction of sp³-hybridized carbons (Fsp3) is 0.952. The minimum atomic E-state index is 0.0381. The van der Waals surface area contributed by atoms with Gasteiger partial charge in [0.25, 0.3) is 0 Å². The minimum absolute atomic E-state index is 0.0381. The average molecular weight is 348 g/mol. The molecule has 0 aromatic rings. The lowest BCUT2D eigenvalue weighted by Crippen LogP contribution is -2.57. The van der Waals surface area contributed by atoms with Gasteiger partial charge in [0.1, 0.15) is 0 Å². The van der Waals surface area contributed by atoms with E-state index in [1.807, 2.05) is 0 Å². The maximum Gasteiger partial charge on any atom is 0.237 e. The predicted octanol–water partition coefficient (Wildman–Crippen LogP) is 2.83. The van der Waals surface area contributed by atoms with Gasteiger partial charge in [0.15, 0.2) is 0 Å². The molecule has 0 bridgehead atoms. The zero-order chi connectivity index (χ0) is 17.4. The van der Waals surface area contributed by atoms with Crippen molar-refractivity contribution in [3.8, 4) is 0 Å². The number of carbonyl (C=O) groups excluding carboxylic acids is 1. The Morgan fingerprint density at radius 1 is 1.08 bits per heavy atom. The number of hydrogen-bond acceptors (Lipinski definition) is 3. The van der Waals surface area contributed by atoms with Crippen molar-refractivity contribution in [3.05, 3.63) is 0 Å². The summed E-state index contributed by atoms with van der Waals surface area (Å²) in [5, 5.41) is 10.9. The van der Waals surface area contributed by atoms with Crippen LogP contribution < -0.4 is 16.0 Å². The third kappa shape index (κ3) is 4.05. The Morgan fingerprint density at radius 2 is 1.88 bits per heavy atom. The van der Waals surface area contributed by atoms with Gasteiger partial charge in [-0.3, -0.25) is 4.79 Å². The van der Waals surface area contributed by atoms with E-state index >= 15 is 0 Å². The highest BCUT2D eigenvalue weighted by Crippen LogP contribution is 2.38. The van der Waals surface area contributed by atoms with Crippen molar-refractivity contribution in [1.82, 2.24) is 16.0 Å². The number of rotatable bonds is 5. The molecule has 4 fully saturated rings. The zero-order valence-electron chi connectivity index (χ0n) is 16.1. The van der Waals surface area contributed by atoms with Gasteiger partial charge in [0, 0.05) is 18.1 Å². The molecular formula is C21H37N3O. The van der Waals surface area contributed by atoms with Gasteiger partial charge in [-0.2, -0.15) is 0 Å². The lowest BCUT2D eigenvalue weighted by Gasteiger charge is -2.37. The molecule has 3 N–H and O–H groups in total. The molecule has 7 unspecified atom stereocenters. The maximum absolute atomic E-state index is 13.1. The van der Waals surface area contributed by atoms with E-state index in [1.54, 1.807) is 0 Å². The summed E-state index contributed by atoms with van der Waals surface area (Å²) in [4.78, 5) is 13.1. The first kappa shape index (κ1) is 17.8. The third-order valence-corrected chi connectivity index (χ3v) is 7.48. The number of nitrogens with one attached hydrogen (secondary N) is 3. The van der Waals surface area contributed by atoms with Crippen LogP contribution in [0.2, 0.25) is 0 Å². The Labute approximate surface area is 153 Å². The van der Waals surface area contributed by atoms with Gasteiger partial charge in [0.2, 0.25) is 5.91 Å². The Morgan fingerprint density at radius 3 is 2.60 bits per heavy atom. The van der Waals surface area contributed by atoms with Crippen molar-refractivity contribution in [2.75, 3.05) is 6.54 Å². The number of hydrogen-bond donors (Lipinski definition) is 3. The molecule has 0 spiro atoms. The highest BCUT2D eigenvalue weighted by atomic mass is 16.2. The maximum atomic E-state index is 13.1. The van der Waals surface area contributed by atoms with Gasteiger partial charge in [-0.25, -0.2) is 0 Å². The molecule has 7 atom stereocenters. The molecule has 2 aliphatic carbocycles. The van der Waals surface area contributed by atoms with Gasteiger partial charge < -0.3 is 16.0 Å². The second kappa shape index (κ2) is 7.56. The van der Waals surface area contributed by atoms with Crippen molar-refractivity contribution in [3.63, 3.8) is 0 Å². The molecule has 25 heavy (non-hydrogen) atoms. The number of piperidine rings is 1. The van der Waals surface area contributed by atoms with E-state index in [0.29, 0.717) is 30.0 Å². The van der Waals surface area contributed by atoms with E-state index in [1.165, 1.54) is 51.4 Å². The Hall–Kier alpha value is -0.610. The van der Waals surface area contributed by atoms with Crippen LogP contribution in [-0.2, 0) is 4.79 Å². The van der Waals surface area contributed by atoms with Crippen LogP contribution in [0.1, 0.15) is 71.6 Å². The summed E-state index contributed by atoms with van der Waals surface area (Å²) in [6, 6.07) is 1.38. The summed E-state index contributed by atoms with van der Waals surface area (Å²) >= 11 is 0. The molecule has 1 amide bonds. The summed E-state index contributed by atoms with van der Waals surface area (Å²) < 4.78 is 0. The highest BCUT2D eigenvalue weighted by molar-refractivity contribution is 5.82. The standard InChI is InChI=1S/C21H37N3O/c1-13-5-3-7-16-12-18(23-19(13)16)21(25)24-17(11-15-8-9-15)20-14(2)6-4-10-22-20/h13-20,22-23H,3-12H2,1-2H3,(H,24,25). The average Bonchev–Trinajstić information content (AvgIpc) is 3.30. The number of fused-ring (bicyclic) bond motifs is 1. The van der Waals surface area contributed by atoms with Crippen LogP contribution >= 0.6 is 0 Å². The van der Waals surface area contributed by atoms with Gasteiger partial charge in [-0.15, -0.1) is 0 Å². The second-order valence-corrected chi connectivity index (χ2v) is 9.54. The Kier molecular flexibility index (Phi) is 5.38. The number of amides is 1. The van der Waals surface area contributed by atoms with E-state index < -0.39 is 0 Å². The molecule has 4 nitrogen and oxygen atoms in total. The summed E-state index contributed by atoms with van der Waals surface area (Å²) in [5.41, 5.74) is 0.